The summed E-state index contributed by atoms with van der Waals surface area (Å²) in [6, 6.07) is 7.73. The number of amides is 1. The Morgan fingerprint density at radius 3 is 2.05 bits per heavy atom. The predicted octanol–water partition coefficient (Wildman–Crippen LogP) is -1.32. The minimum absolute atomic E-state index is 0.121. The van der Waals surface area contributed by atoms with Gasteiger partial charge in [0.2, 0.25) is 5.91 Å². The van der Waals surface area contributed by atoms with E-state index in [1.807, 2.05) is 0 Å². The van der Waals surface area contributed by atoms with Crippen LogP contribution >= 0.6 is 0 Å². The molecule has 0 saturated heterocycles. The van der Waals surface area contributed by atoms with Crippen molar-refractivity contribution in [2.45, 2.75) is 16.9 Å². The highest BCUT2D eigenvalue weighted by Crippen LogP contribution is 2.11. The number of rotatable bonds is 8. The minimum Gasteiger partial charge on any atom is -0.394 e. The van der Waals surface area contributed by atoms with Crippen molar-refractivity contribution in [1.82, 2.24) is 5.32 Å². The number of nitrogens with one attached hydrogen (secondary N) is 1. The maximum absolute atomic E-state index is 12.0. The molecule has 0 aliphatic heterocycles. The highest BCUT2D eigenvalue weighted by molar-refractivity contribution is 7.91. The van der Waals surface area contributed by atoms with Crippen molar-refractivity contribution in [2.75, 3.05) is 25.6 Å². The van der Waals surface area contributed by atoms with Crippen molar-refractivity contribution in [2.24, 2.45) is 0 Å². The van der Waals surface area contributed by atoms with Gasteiger partial charge in [-0.1, -0.05) is 18.2 Å². The van der Waals surface area contributed by atoms with Crippen LogP contribution in [-0.2, 0) is 14.6 Å². The second kappa shape index (κ2) is 7.51. The molecule has 0 spiro atoms. The predicted molar refractivity (Wildman–Crippen MR) is 75.2 cm³/mol. The summed E-state index contributed by atoms with van der Waals surface area (Å²) in [5.41, 5.74) is -1.55. The Morgan fingerprint density at radius 2 is 1.57 bits per heavy atom. The second-order valence-electron chi connectivity index (χ2n) is 4.68. The molecule has 0 heterocycles. The molecule has 0 aliphatic carbocycles. The Balaban J connectivity index is 2.65. The molecule has 1 aromatic rings. The van der Waals surface area contributed by atoms with Crippen LogP contribution in [-0.4, -0.2) is 60.8 Å². The Kier molecular flexibility index (Phi) is 6.28. The summed E-state index contributed by atoms with van der Waals surface area (Å²) in [6.07, 6.45) is -0.334. The van der Waals surface area contributed by atoms with E-state index in [2.05, 4.69) is 5.32 Å². The molecule has 1 rings (SSSR count). The Hall–Kier alpha value is -1.48. The fourth-order valence-electron chi connectivity index (χ4n) is 1.60. The molecule has 0 saturated carbocycles. The van der Waals surface area contributed by atoms with Crippen molar-refractivity contribution >= 4 is 15.7 Å². The third-order valence-corrected chi connectivity index (χ3v) is 4.74. The van der Waals surface area contributed by atoms with E-state index in [4.69, 9.17) is 15.3 Å². The standard InChI is InChI=1S/C13H19NO6S/c15-8-13(9-16,10-17)14-12(18)6-7-21(19,20)11-4-2-1-3-5-11/h1-5,15-17H,6-10H2,(H,14,18). The van der Waals surface area contributed by atoms with Gasteiger partial charge in [0, 0.05) is 6.42 Å². The molecule has 21 heavy (non-hydrogen) atoms. The number of aliphatic hydroxyl groups excluding tert-OH is 3. The number of carbonyl (C=O) groups is 1. The summed E-state index contributed by atoms with van der Waals surface area (Å²) in [5.74, 6) is -1.08. The number of sulfone groups is 1. The topological polar surface area (TPSA) is 124 Å². The van der Waals surface area contributed by atoms with Crippen LogP contribution in [0.15, 0.2) is 35.2 Å². The quantitative estimate of drug-likeness (QED) is 0.471. The average molecular weight is 317 g/mol. The van der Waals surface area contributed by atoms with E-state index in [0.717, 1.165) is 0 Å². The van der Waals surface area contributed by atoms with Gasteiger partial charge in [0.15, 0.2) is 9.84 Å². The molecule has 0 bridgehead atoms. The van der Waals surface area contributed by atoms with Crippen molar-refractivity contribution in [3.8, 4) is 0 Å². The molecule has 8 heteroatoms. The minimum atomic E-state index is -3.58. The average Bonchev–Trinajstić information content (AvgIpc) is 2.52. The van der Waals surface area contributed by atoms with Crippen molar-refractivity contribution in [1.29, 1.82) is 0 Å². The summed E-state index contributed by atoms with van der Waals surface area (Å²) in [4.78, 5) is 11.8. The van der Waals surface area contributed by atoms with Gasteiger partial charge in [-0.3, -0.25) is 4.79 Å². The molecule has 0 unspecified atom stereocenters. The van der Waals surface area contributed by atoms with E-state index in [1.54, 1.807) is 18.2 Å². The van der Waals surface area contributed by atoms with Gasteiger partial charge in [-0.05, 0) is 12.1 Å². The summed E-state index contributed by atoms with van der Waals surface area (Å²) in [5, 5.41) is 29.5. The normalized spacial score (nSPS) is 12.1. The first-order valence-electron chi connectivity index (χ1n) is 6.30. The highest BCUT2D eigenvalue weighted by Gasteiger charge is 2.30. The van der Waals surface area contributed by atoms with Gasteiger partial charge in [0.05, 0.1) is 30.5 Å². The van der Waals surface area contributed by atoms with Crippen LogP contribution in [0.5, 0.6) is 0 Å². The maximum Gasteiger partial charge on any atom is 0.221 e. The third kappa shape index (κ3) is 4.78. The van der Waals surface area contributed by atoms with Gasteiger partial charge < -0.3 is 20.6 Å². The lowest BCUT2D eigenvalue weighted by atomic mass is 10.0. The Bertz CT molecular complexity index is 545. The van der Waals surface area contributed by atoms with Gasteiger partial charge >= 0.3 is 0 Å². The van der Waals surface area contributed by atoms with Gasteiger partial charge in [-0.2, -0.15) is 0 Å². The van der Waals surface area contributed by atoms with Crippen molar-refractivity contribution in [3.63, 3.8) is 0 Å². The van der Waals surface area contributed by atoms with E-state index < -0.39 is 46.9 Å². The lowest BCUT2D eigenvalue weighted by Crippen LogP contribution is -2.57. The lowest BCUT2D eigenvalue weighted by Gasteiger charge is -2.28. The number of aliphatic hydroxyl groups is 3. The number of hydrogen-bond donors (Lipinski definition) is 4. The van der Waals surface area contributed by atoms with E-state index in [1.165, 1.54) is 12.1 Å². The van der Waals surface area contributed by atoms with Crippen LogP contribution in [0.2, 0.25) is 0 Å². The first kappa shape index (κ1) is 17.6. The molecule has 0 fully saturated rings. The first-order chi connectivity index (χ1) is 9.89. The van der Waals surface area contributed by atoms with Gasteiger partial charge in [-0.25, -0.2) is 8.42 Å². The Morgan fingerprint density at radius 1 is 1.05 bits per heavy atom. The van der Waals surface area contributed by atoms with Crippen LogP contribution in [0.4, 0.5) is 0 Å². The summed E-state index contributed by atoms with van der Waals surface area (Å²) >= 11 is 0. The highest BCUT2D eigenvalue weighted by atomic mass is 32.2. The Labute approximate surface area is 123 Å². The summed E-state index contributed by atoms with van der Waals surface area (Å²) < 4.78 is 24.0. The van der Waals surface area contributed by atoms with Crippen LogP contribution < -0.4 is 5.32 Å². The fraction of sp³-hybridized carbons (Fsp3) is 0.462. The molecular formula is C13H19NO6S. The number of carbonyl (C=O) groups excluding carboxylic acids is 1. The number of benzene rings is 1. The molecule has 0 radical (unpaired) electrons. The maximum atomic E-state index is 12.0. The monoisotopic (exact) mass is 317 g/mol. The summed E-state index contributed by atoms with van der Waals surface area (Å²) in [6.45, 7) is -1.97. The van der Waals surface area contributed by atoms with Gasteiger partial charge in [-0.15, -0.1) is 0 Å². The number of hydrogen-bond acceptors (Lipinski definition) is 6. The van der Waals surface area contributed by atoms with E-state index in [-0.39, 0.29) is 11.3 Å². The first-order valence-corrected chi connectivity index (χ1v) is 7.96. The molecule has 1 amide bonds. The molecule has 4 N–H and O–H groups in total. The van der Waals surface area contributed by atoms with E-state index >= 15 is 0 Å². The third-order valence-electron chi connectivity index (χ3n) is 3.01. The van der Waals surface area contributed by atoms with Crippen LogP contribution in [0, 0.1) is 0 Å². The second-order valence-corrected chi connectivity index (χ2v) is 6.79. The molecular weight excluding hydrogens is 298 g/mol. The molecule has 0 aliphatic rings. The molecule has 7 nitrogen and oxygen atoms in total. The molecule has 118 valence electrons. The van der Waals surface area contributed by atoms with Gasteiger partial charge in [0.25, 0.3) is 0 Å². The largest absolute Gasteiger partial charge is 0.394 e. The zero-order valence-corrected chi connectivity index (χ0v) is 12.2. The molecule has 0 atom stereocenters. The van der Waals surface area contributed by atoms with Crippen LogP contribution in [0.3, 0.4) is 0 Å². The van der Waals surface area contributed by atoms with Crippen LogP contribution in [0.1, 0.15) is 6.42 Å². The van der Waals surface area contributed by atoms with Crippen LogP contribution in [0.25, 0.3) is 0 Å². The zero-order valence-electron chi connectivity index (χ0n) is 11.4. The van der Waals surface area contributed by atoms with E-state index in [0.29, 0.717) is 0 Å². The van der Waals surface area contributed by atoms with Crippen molar-refractivity contribution in [3.05, 3.63) is 30.3 Å². The summed E-state index contributed by atoms with van der Waals surface area (Å²) in [7, 11) is -3.58. The lowest BCUT2D eigenvalue weighted by molar-refractivity contribution is -0.125. The fourth-order valence-corrected chi connectivity index (χ4v) is 2.86. The van der Waals surface area contributed by atoms with Gasteiger partial charge in [0.1, 0.15) is 5.54 Å². The molecule has 1 aromatic carbocycles. The zero-order chi connectivity index (χ0) is 15.9. The van der Waals surface area contributed by atoms with Crippen molar-refractivity contribution < 1.29 is 28.5 Å². The SMILES string of the molecule is O=C(CCS(=O)(=O)c1ccccc1)NC(CO)(CO)CO. The van der Waals surface area contributed by atoms with E-state index in [9.17, 15) is 13.2 Å². The molecule has 0 aromatic heterocycles. The smallest absolute Gasteiger partial charge is 0.221 e.